The van der Waals surface area contributed by atoms with E-state index < -0.39 is 6.04 Å². The van der Waals surface area contributed by atoms with Crippen molar-refractivity contribution in [1.29, 1.82) is 0 Å². The Morgan fingerprint density at radius 3 is 2.58 bits per heavy atom. The van der Waals surface area contributed by atoms with Crippen LogP contribution in [0.4, 0.5) is 4.79 Å². The molecule has 2 aliphatic rings. The molecule has 1 unspecified atom stereocenters. The maximum absolute atomic E-state index is 12.8. The molecule has 132 valence electrons. The Bertz CT molecular complexity index is 993. The SMILES string of the molecule is CSC1=[N+](Cc2cccc3ccccc23)C2C(=O)N(C)C(=O)N(C)C2=N1. The molecule has 3 amide bonds. The number of aliphatic imine (C=N–C) groups is 1. The smallest absolute Gasteiger partial charge is 0.269 e. The summed E-state index contributed by atoms with van der Waals surface area (Å²) in [7, 11) is 3.18. The number of amides is 3. The van der Waals surface area contributed by atoms with E-state index in [-0.39, 0.29) is 11.9 Å². The van der Waals surface area contributed by atoms with E-state index in [1.54, 1.807) is 7.05 Å². The lowest BCUT2D eigenvalue weighted by atomic mass is 10.0. The fourth-order valence-corrected chi connectivity index (χ4v) is 4.10. The molecule has 26 heavy (non-hydrogen) atoms. The van der Waals surface area contributed by atoms with Crippen LogP contribution in [-0.2, 0) is 11.3 Å². The normalized spacial score (nSPS) is 20.1. The van der Waals surface area contributed by atoms with Crippen LogP contribution in [0.1, 0.15) is 5.56 Å². The number of imide groups is 1. The van der Waals surface area contributed by atoms with Gasteiger partial charge < -0.3 is 0 Å². The van der Waals surface area contributed by atoms with Crippen molar-refractivity contribution in [3.05, 3.63) is 48.0 Å². The summed E-state index contributed by atoms with van der Waals surface area (Å²) in [6.45, 7) is 0.552. The van der Waals surface area contributed by atoms with Gasteiger partial charge in [-0.15, -0.1) is 0 Å². The van der Waals surface area contributed by atoms with Crippen LogP contribution in [0.2, 0.25) is 0 Å². The number of thioether (sulfide) groups is 1. The van der Waals surface area contributed by atoms with Crippen molar-refractivity contribution in [3.8, 4) is 0 Å². The minimum absolute atomic E-state index is 0.240. The molecule has 2 heterocycles. The van der Waals surface area contributed by atoms with Gasteiger partial charge in [0.2, 0.25) is 0 Å². The highest BCUT2D eigenvalue weighted by atomic mass is 32.2. The maximum Gasteiger partial charge on any atom is 0.357 e. The number of carbonyl (C=O) groups excluding carboxylic acids is 2. The van der Waals surface area contributed by atoms with Gasteiger partial charge in [0.1, 0.15) is 6.54 Å². The monoisotopic (exact) mass is 367 g/mol. The molecule has 2 aromatic carbocycles. The molecule has 2 aromatic rings. The summed E-state index contributed by atoms with van der Waals surface area (Å²) in [6, 6.07) is 13.5. The molecule has 0 aromatic heterocycles. The second-order valence-corrected chi connectivity index (χ2v) is 7.14. The first kappa shape index (κ1) is 16.8. The average molecular weight is 367 g/mol. The summed E-state index contributed by atoms with van der Waals surface area (Å²) >= 11 is 1.48. The molecule has 0 aliphatic carbocycles. The predicted octanol–water partition coefficient (Wildman–Crippen LogP) is 2.38. The summed E-state index contributed by atoms with van der Waals surface area (Å²) in [5.74, 6) is 0.263. The number of nitrogens with zero attached hydrogens (tertiary/aromatic N) is 4. The zero-order valence-electron chi connectivity index (χ0n) is 14.8. The molecular weight excluding hydrogens is 348 g/mol. The average Bonchev–Trinajstić information content (AvgIpc) is 3.03. The van der Waals surface area contributed by atoms with Crippen LogP contribution in [0.25, 0.3) is 10.8 Å². The lowest BCUT2D eigenvalue weighted by Crippen LogP contribution is -2.61. The fraction of sp³-hybridized carbons (Fsp3) is 0.263. The minimum atomic E-state index is -0.566. The van der Waals surface area contributed by atoms with E-state index in [4.69, 9.17) is 0 Å². The highest BCUT2D eigenvalue weighted by Gasteiger charge is 2.52. The molecular formula is C19H19N4O2S+. The van der Waals surface area contributed by atoms with Gasteiger partial charge >= 0.3 is 11.2 Å². The third-order valence-corrected chi connectivity index (χ3v) is 5.59. The number of urea groups is 1. The molecule has 0 bridgehead atoms. The number of rotatable bonds is 2. The number of carbonyl (C=O) groups is 2. The third kappa shape index (κ3) is 2.42. The minimum Gasteiger partial charge on any atom is -0.269 e. The first-order chi connectivity index (χ1) is 12.5. The molecule has 0 radical (unpaired) electrons. The van der Waals surface area contributed by atoms with Gasteiger partial charge in [-0.2, -0.15) is 0 Å². The highest BCUT2D eigenvalue weighted by Crippen LogP contribution is 2.26. The molecule has 0 N–H and O–H groups in total. The van der Waals surface area contributed by atoms with Crippen molar-refractivity contribution < 1.29 is 14.2 Å². The number of amidine groups is 2. The molecule has 7 heteroatoms. The van der Waals surface area contributed by atoms with Crippen molar-refractivity contribution in [2.45, 2.75) is 12.6 Å². The first-order valence-corrected chi connectivity index (χ1v) is 9.53. The van der Waals surface area contributed by atoms with Crippen LogP contribution in [0.3, 0.4) is 0 Å². The Hall–Kier alpha value is -2.67. The third-order valence-electron chi connectivity index (χ3n) is 4.90. The Kier molecular flexibility index (Phi) is 4.03. The predicted molar refractivity (Wildman–Crippen MR) is 104 cm³/mol. The van der Waals surface area contributed by atoms with Crippen LogP contribution < -0.4 is 0 Å². The van der Waals surface area contributed by atoms with E-state index in [9.17, 15) is 9.59 Å². The van der Waals surface area contributed by atoms with Gasteiger partial charge in [0.05, 0.1) is 0 Å². The molecule has 0 saturated carbocycles. The molecule has 0 spiro atoms. The summed E-state index contributed by atoms with van der Waals surface area (Å²) in [5, 5.41) is 3.07. The van der Waals surface area contributed by atoms with E-state index in [0.29, 0.717) is 12.4 Å². The Morgan fingerprint density at radius 2 is 1.81 bits per heavy atom. The van der Waals surface area contributed by atoms with E-state index in [0.717, 1.165) is 21.5 Å². The van der Waals surface area contributed by atoms with Gasteiger partial charge in [-0.25, -0.2) is 9.37 Å². The van der Waals surface area contributed by atoms with E-state index >= 15 is 0 Å². The number of hydrogen-bond donors (Lipinski definition) is 0. The summed E-state index contributed by atoms with van der Waals surface area (Å²) < 4.78 is 1.99. The lowest BCUT2D eigenvalue weighted by Gasteiger charge is -2.30. The van der Waals surface area contributed by atoms with E-state index in [2.05, 4.69) is 29.3 Å². The van der Waals surface area contributed by atoms with Gasteiger partial charge in [0.15, 0.2) is 0 Å². The number of benzene rings is 2. The summed E-state index contributed by atoms with van der Waals surface area (Å²) in [5.41, 5.74) is 1.13. The van der Waals surface area contributed by atoms with Crippen LogP contribution in [-0.4, -0.2) is 63.7 Å². The molecule has 1 atom stereocenters. The van der Waals surface area contributed by atoms with Crippen molar-refractivity contribution in [1.82, 2.24) is 9.80 Å². The lowest BCUT2D eigenvalue weighted by molar-refractivity contribution is -0.548. The molecule has 1 saturated heterocycles. The van der Waals surface area contributed by atoms with Gasteiger partial charge in [0, 0.05) is 19.7 Å². The second-order valence-electron chi connectivity index (χ2n) is 6.36. The van der Waals surface area contributed by atoms with E-state index in [1.165, 1.54) is 28.6 Å². The Morgan fingerprint density at radius 1 is 1.08 bits per heavy atom. The molecule has 4 rings (SSSR count). The standard InChI is InChI=1S/C19H19N4O2S/c1-21-16-15(17(24)22(2)19(21)25)23(18(20-16)26-3)11-13-9-6-8-12-7-4-5-10-14(12)13/h4-10,15H,11H2,1-3H3/q+1. The van der Waals surface area contributed by atoms with Gasteiger partial charge in [-0.05, 0) is 33.8 Å². The Balaban J connectivity index is 1.78. The largest absolute Gasteiger partial charge is 0.357 e. The molecule has 2 aliphatic heterocycles. The second kappa shape index (κ2) is 6.25. The number of hydrogen-bond acceptors (Lipinski definition) is 4. The maximum atomic E-state index is 12.8. The van der Waals surface area contributed by atoms with Crippen LogP contribution in [0.5, 0.6) is 0 Å². The fourth-order valence-electron chi connectivity index (χ4n) is 3.51. The summed E-state index contributed by atoms with van der Waals surface area (Å²) in [6.07, 6.45) is 1.93. The summed E-state index contributed by atoms with van der Waals surface area (Å²) in [4.78, 5) is 32.3. The molecule has 1 fully saturated rings. The van der Waals surface area contributed by atoms with Crippen LogP contribution in [0.15, 0.2) is 47.5 Å². The topological polar surface area (TPSA) is 56.0 Å². The first-order valence-electron chi connectivity index (χ1n) is 8.31. The van der Waals surface area contributed by atoms with Crippen molar-refractivity contribution >= 4 is 45.5 Å². The number of likely N-dealkylation sites (N-methyl/N-ethyl adjacent to an activating group) is 2. The van der Waals surface area contributed by atoms with Crippen LogP contribution >= 0.6 is 11.8 Å². The van der Waals surface area contributed by atoms with Crippen molar-refractivity contribution in [2.75, 3.05) is 20.4 Å². The number of fused-ring (bicyclic) bond motifs is 2. The van der Waals surface area contributed by atoms with Gasteiger partial charge in [-0.1, -0.05) is 42.5 Å². The quantitative estimate of drug-likeness (QED) is 0.766. The van der Waals surface area contributed by atoms with Gasteiger partial charge in [-0.3, -0.25) is 14.6 Å². The van der Waals surface area contributed by atoms with Crippen molar-refractivity contribution in [2.24, 2.45) is 4.99 Å². The molecule has 6 nitrogen and oxygen atoms in total. The van der Waals surface area contributed by atoms with Crippen molar-refractivity contribution in [3.63, 3.8) is 0 Å². The highest BCUT2D eigenvalue weighted by molar-refractivity contribution is 8.13. The zero-order valence-corrected chi connectivity index (χ0v) is 15.7. The van der Waals surface area contributed by atoms with Gasteiger partial charge in [0.25, 0.3) is 17.8 Å². The Labute approximate surface area is 155 Å². The van der Waals surface area contributed by atoms with E-state index in [1.807, 2.05) is 29.0 Å². The zero-order chi connectivity index (χ0) is 18.4. The van der Waals surface area contributed by atoms with Crippen LogP contribution in [0, 0.1) is 0 Å².